The number of aryl methyl sites for hydroxylation is 1. The second-order valence-electron chi connectivity index (χ2n) is 5.99. The molecule has 0 aromatic heterocycles. The first-order chi connectivity index (χ1) is 10.2. The van der Waals surface area contributed by atoms with Gasteiger partial charge < -0.3 is 5.32 Å². The fourth-order valence-electron chi connectivity index (χ4n) is 3.22. The highest BCUT2D eigenvalue weighted by atomic mass is 79.9. The van der Waals surface area contributed by atoms with Crippen molar-refractivity contribution < 1.29 is 0 Å². The molecule has 0 bridgehead atoms. The van der Waals surface area contributed by atoms with Crippen LogP contribution in [0.5, 0.6) is 0 Å². The van der Waals surface area contributed by atoms with E-state index in [9.17, 15) is 0 Å². The Labute approximate surface area is 135 Å². The minimum absolute atomic E-state index is 0.538. The highest BCUT2D eigenvalue weighted by molar-refractivity contribution is 9.10. The minimum atomic E-state index is 0.538. The van der Waals surface area contributed by atoms with Gasteiger partial charge in [0.15, 0.2) is 0 Å². The summed E-state index contributed by atoms with van der Waals surface area (Å²) < 4.78 is 1.19. The largest absolute Gasteiger partial charge is 0.310 e. The molecule has 2 unspecified atom stereocenters. The highest BCUT2D eigenvalue weighted by Gasteiger charge is 2.21. The smallest absolute Gasteiger partial charge is 0.0326 e. The summed E-state index contributed by atoms with van der Waals surface area (Å²) in [5, 5.41) is 3.74. The van der Waals surface area contributed by atoms with E-state index < -0.39 is 0 Å². The Bertz CT molecular complexity index is 594. The minimum Gasteiger partial charge on any atom is -0.310 e. The van der Waals surface area contributed by atoms with Gasteiger partial charge in [0.2, 0.25) is 0 Å². The fraction of sp³-hybridized carbons (Fsp3) is 0.368. The van der Waals surface area contributed by atoms with Crippen LogP contribution in [0.2, 0.25) is 0 Å². The molecule has 2 atom stereocenters. The third-order valence-corrected chi connectivity index (χ3v) is 5.01. The van der Waals surface area contributed by atoms with Crippen molar-refractivity contribution in [3.05, 3.63) is 69.7 Å². The van der Waals surface area contributed by atoms with E-state index in [2.05, 4.69) is 76.7 Å². The van der Waals surface area contributed by atoms with Crippen LogP contribution in [-0.2, 0) is 6.42 Å². The molecule has 1 N–H and O–H groups in total. The Morgan fingerprint density at radius 1 is 1.19 bits per heavy atom. The molecule has 2 aromatic rings. The van der Waals surface area contributed by atoms with Gasteiger partial charge in [-0.2, -0.15) is 0 Å². The SMILES string of the molecule is CC(CCNC1CCc2cc(Br)ccc21)c1ccccc1. The Morgan fingerprint density at radius 2 is 2.00 bits per heavy atom. The number of benzene rings is 2. The Balaban J connectivity index is 1.53. The molecule has 2 heteroatoms. The number of halogens is 1. The molecular formula is C19H22BrN. The van der Waals surface area contributed by atoms with Crippen LogP contribution in [0, 0.1) is 0 Å². The third kappa shape index (κ3) is 3.56. The highest BCUT2D eigenvalue weighted by Crippen LogP contribution is 2.33. The lowest BCUT2D eigenvalue weighted by molar-refractivity contribution is 0.501. The lowest BCUT2D eigenvalue weighted by atomic mass is 9.98. The van der Waals surface area contributed by atoms with Crippen LogP contribution in [0.15, 0.2) is 53.0 Å². The maximum atomic E-state index is 3.74. The quantitative estimate of drug-likeness (QED) is 0.784. The summed E-state index contributed by atoms with van der Waals surface area (Å²) in [5.74, 6) is 0.615. The molecule has 3 rings (SSSR count). The van der Waals surface area contributed by atoms with Gasteiger partial charge in [-0.3, -0.25) is 0 Å². The average Bonchev–Trinajstić information content (AvgIpc) is 2.90. The van der Waals surface area contributed by atoms with Crippen LogP contribution in [0.3, 0.4) is 0 Å². The molecule has 0 amide bonds. The zero-order chi connectivity index (χ0) is 14.7. The van der Waals surface area contributed by atoms with E-state index >= 15 is 0 Å². The molecule has 0 fully saturated rings. The molecule has 1 nitrogen and oxygen atoms in total. The second-order valence-corrected chi connectivity index (χ2v) is 6.90. The molecule has 0 heterocycles. The van der Waals surface area contributed by atoms with Gasteiger partial charge in [0.1, 0.15) is 0 Å². The van der Waals surface area contributed by atoms with Gasteiger partial charge in [0.25, 0.3) is 0 Å². The summed E-state index contributed by atoms with van der Waals surface area (Å²) >= 11 is 3.56. The zero-order valence-corrected chi connectivity index (χ0v) is 14.1. The Hall–Kier alpha value is -1.12. The van der Waals surface area contributed by atoms with Crippen molar-refractivity contribution in [2.24, 2.45) is 0 Å². The zero-order valence-electron chi connectivity index (χ0n) is 12.5. The maximum absolute atomic E-state index is 3.74. The van der Waals surface area contributed by atoms with Gasteiger partial charge in [-0.05, 0) is 60.5 Å². The molecule has 0 aliphatic heterocycles. The lowest BCUT2D eigenvalue weighted by Crippen LogP contribution is -2.21. The predicted molar refractivity (Wildman–Crippen MR) is 92.7 cm³/mol. The summed E-state index contributed by atoms with van der Waals surface area (Å²) in [6.45, 7) is 3.40. The molecule has 21 heavy (non-hydrogen) atoms. The van der Waals surface area contributed by atoms with Crippen LogP contribution < -0.4 is 5.32 Å². The number of hydrogen-bond donors (Lipinski definition) is 1. The van der Waals surface area contributed by atoms with Gasteiger partial charge in [0.05, 0.1) is 0 Å². The Kier molecular flexibility index (Phi) is 4.77. The van der Waals surface area contributed by atoms with Crippen molar-refractivity contribution in [2.75, 3.05) is 6.54 Å². The average molecular weight is 344 g/mol. The molecule has 0 spiro atoms. The molecule has 2 aromatic carbocycles. The molecule has 0 radical (unpaired) electrons. The first-order valence-electron chi connectivity index (χ1n) is 7.80. The molecule has 110 valence electrons. The predicted octanol–water partition coefficient (Wildman–Crippen LogP) is 5.22. The molecule has 0 saturated heterocycles. The number of fused-ring (bicyclic) bond motifs is 1. The third-order valence-electron chi connectivity index (χ3n) is 4.52. The van der Waals surface area contributed by atoms with Crippen molar-refractivity contribution in [3.63, 3.8) is 0 Å². The first kappa shape index (κ1) is 14.8. The number of nitrogens with one attached hydrogen (secondary N) is 1. The molecule has 0 saturated carbocycles. The number of rotatable bonds is 5. The molecule has 1 aliphatic rings. The van der Waals surface area contributed by atoms with Gasteiger partial charge in [-0.25, -0.2) is 0 Å². The topological polar surface area (TPSA) is 12.0 Å². The Morgan fingerprint density at radius 3 is 2.81 bits per heavy atom. The number of hydrogen-bond acceptors (Lipinski definition) is 1. The van der Waals surface area contributed by atoms with Crippen molar-refractivity contribution in [1.29, 1.82) is 0 Å². The van der Waals surface area contributed by atoms with Crippen LogP contribution >= 0.6 is 15.9 Å². The summed E-state index contributed by atoms with van der Waals surface area (Å²) in [6.07, 6.45) is 3.61. The monoisotopic (exact) mass is 343 g/mol. The normalized spacial score (nSPS) is 18.5. The lowest BCUT2D eigenvalue weighted by Gasteiger charge is -2.17. The summed E-state index contributed by atoms with van der Waals surface area (Å²) in [6, 6.07) is 18.0. The maximum Gasteiger partial charge on any atom is 0.0326 e. The van der Waals surface area contributed by atoms with E-state index in [1.807, 2.05) is 0 Å². The van der Waals surface area contributed by atoms with E-state index in [1.165, 1.54) is 40.4 Å². The van der Waals surface area contributed by atoms with Crippen LogP contribution in [-0.4, -0.2) is 6.54 Å². The van der Waals surface area contributed by atoms with Crippen molar-refractivity contribution in [3.8, 4) is 0 Å². The van der Waals surface area contributed by atoms with E-state index in [1.54, 1.807) is 0 Å². The van der Waals surface area contributed by atoms with Crippen LogP contribution in [0.25, 0.3) is 0 Å². The van der Waals surface area contributed by atoms with E-state index in [0.717, 1.165) is 6.54 Å². The first-order valence-corrected chi connectivity index (χ1v) is 8.60. The van der Waals surface area contributed by atoms with E-state index in [4.69, 9.17) is 0 Å². The molecular weight excluding hydrogens is 322 g/mol. The van der Waals surface area contributed by atoms with Gasteiger partial charge in [0, 0.05) is 10.5 Å². The standard InChI is InChI=1S/C19H22BrN/c1-14(15-5-3-2-4-6-15)11-12-21-19-10-7-16-13-17(20)8-9-18(16)19/h2-6,8-9,13-14,19,21H,7,10-12H2,1H3. The van der Waals surface area contributed by atoms with Crippen molar-refractivity contribution in [2.45, 2.75) is 38.1 Å². The van der Waals surface area contributed by atoms with E-state index in [0.29, 0.717) is 12.0 Å². The van der Waals surface area contributed by atoms with Crippen molar-refractivity contribution in [1.82, 2.24) is 5.32 Å². The van der Waals surface area contributed by atoms with Crippen molar-refractivity contribution >= 4 is 15.9 Å². The molecule has 1 aliphatic carbocycles. The van der Waals surface area contributed by atoms with Crippen LogP contribution in [0.1, 0.15) is 48.4 Å². The second kappa shape index (κ2) is 6.76. The van der Waals surface area contributed by atoms with Gasteiger partial charge in [-0.15, -0.1) is 0 Å². The van der Waals surface area contributed by atoms with Gasteiger partial charge in [-0.1, -0.05) is 59.3 Å². The van der Waals surface area contributed by atoms with E-state index in [-0.39, 0.29) is 0 Å². The fourth-order valence-corrected chi connectivity index (χ4v) is 3.63. The summed E-state index contributed by atoms with van der Waals surface area (Å²) in [5.41, 5.74) is 4.43. The van der Waals surface area contributed by atoms with Crippen LogP contribution in [0.4, 0.5) is 0 Å². The van der Waals surface area contributed by atoms with Gasteiger partial charge >= 0.3 is 0 Å². The summed E-state index contributed by atoms with van der Waals surface area (Å²) in [7, 11) is 0. The summed E-state index contributed by atoms with van der Waals surface area (Å²) in [4.78, 5) is 0.